The lowest BCUT2D eigenvalue weighted by Gasteiger charge is -2.48. The Morgan fingerprint density at radius 1 is 1.00 bits per heavy atom. The fourth-order valence-corrected chi connectivity index (χ4v) is 4.60. The quantitative estimate of drug-likeness (QED) is 0.363. The highest BCUT2D eigenvalue weighted by atomic mass is 127. The Hall–Kier alpha value is -2.20. The van der Waals surface area contributed by atoms with Crippen LogP contribution in [-0.4, -0.2) is 58.5 Å². The average Bonchev–Trinajstić information content (AvgIpc) is 2.79. The number of nitrogens with zero attached hydrogens (tertiary/aromatic N) is 1. The molecule has 0 radical (unpaired) electrons. The van der Waals surface area contributed by atoms with Crippen LogP contribution in [0.2, 0.25) is 0 Å². The van der Waals surface area contributed by atoms with Crippen molar-refractivity contribution in [3.63, 3.8) is 0 Å². The van der Waals surface area contributed by atoms with Gasteiger partial charge in [0, 0.05) is 18.4 Å². The summed E-state index contributed by atoms with van der Waals surface area (Å²) in [6, 6.07) is 9.70. The third-order valence-electron chi connectivity index (χ3n) is 6.75. The minimum absolute atomic E-state index is 0. The summed E-state index contributed by atoms with van der Waals surface area (Å²) in [6.45, 7) is 2.71. The van der Waals surface area contributed by atoms with Gasteiger partial charge in [0.1, 0.15) is 6.04 Å². The summed E-state index contributed by atoms with van der Waals surface area (Å²) in [5, 5.41) is 0. The van der Waals surface area contributed by atoms with Crippen LogP contribution in [0.25, 0.3) is 0 Å². The van der Waals surface area contributed by atoms with E-state index < -0.39 is 0 Å². The van der Waals surface area contributed by atoms with Gasteiger partial charge >= 0.3 is 0 Å². The molecule has 7 nitrogen and oxygen atoms in total. The van der Waals surface area contributed by atoms with E-state index in [9.17, 15) is 4.79 Å². The van der Waals surface area contributed by atoms with Gasteiger partial charge in [-0.3, -0.25) is 4.79 Å². The molecule has 0 saturated carbocycles. The number of halogens is 1. The smallest absolute Gasteiger partial charge is 0.275 e. The molecule has 1 aliphatic heterocycles. The molecule has 0 spiro atoms. The highest BCUT2D eigenvalue weighted by Gasteiger charge is 2.45. The van der Waals surface area contributed by atoms with E-state index in [2.05, 4.69) is 7.05 Å². The third-order valence-corrected chi connectivity index (χ3v) is 6.75. The molecule has 1 aliphatic rings. The summed E-state index contributed by atoms with van der Waals surface area (Å²) in [4.78, 5) is 12.2. The number of benzene rings is 2. The number of rotatable bonds is 8. The fraction of sp³-hybridized carbons (Fsp3) is 0.458. The number of quaternary nitrogens is 1. The summed E-state index contributed by atoms with van der Waals surface area (Å²) in [6.07, 6.45) is 1.53. The van der Waals surface area contributed by atoms with Gasteiger partial charge in [0.25, 0.3) is 5.91 Å². The van der Waals surface area contributed by atoms with Crippen molar-refractivity contribution >= 4 is 5.91 Å². The second-order valence-electron chi connectivity index (χ2n) is 8.21. The number of nitrogens with two attached hydrogens (primary N) is 1. The number of primary amides is 1. The number of fused-ring (bicyclic) bond motifs is 1. The fourth-order valence-electron chi connectivity index (χ4n) is 4.60. The van der Waals surface area contributed by atoms with Crippen molar-refractivity contribution in [2.45, 2.75) is 31.8 Å². The summed E-state index contributed by atoms with van der Waals surface area (Å²) in [7, 11) is 8.64. The maximum atomic E-state index is 12.2. The van der Waals surface area contributed by atoms with Crippen molar-refractivity contribution < 1.29 is 52.2 Å². The molecule has 0 aliphatic carbocycles. The molecule has 0 aromatic heterocycles. The van der Waals surface area contributed by atoms with Gasteiger partial charge in [-0.2, -0.15) is 0 Å². The first-order chi connectivity index (χ1) is 14.8. The van der Waals surface area contributed by atoms with Gasteiger partial charge in [-0.25, -0.2) is 0 Å². The molecule has 8 heteroatoms. The van der Waals surface area contributed by atoms with Crippen molar-refractivity contribution in [3.05, 3.63) is 47.0 Å². The number of hydrogen-bond donors (Lipinski definition) is 1. The van der Waals surface area contributed by atoms with Crippen LogP contribution in [0.15, 0.2) is 30.3 Å². The van der Waals surface area contributed by atoms with Crippen LogP contribution < -0.4 is 48.7 Å². The van der Waals surface area contributed by atoms with E-state index in [1.54, 1.807) is 28.4 Å². The highest BCUT2D eigenvalue weighted by Crippen LogP contribution is 2.44. The van der Waals surface area contributed by atoms with E-state index >= 15 is 0 Å². The Morgan fingerprint density at radius 2 is 1.56 bits per heavy atom. The number of hydrogen-bond acceptors (Lipinski definition) is 5. The van der Waals surface area contributed by atoms with Gasteiger partial charge in [-0.05, 0) is 42.3 Å². The second kappa shape index (κ2) is 10.6. The standard InChI is InChI=1S/C24H32N2O5.HI/c1-15(24(25)27)26(2)10-9-17-13-22(30-5)23(31-6)14-18(17)19(26)11-16-7-8-20(28-3)21(12-16)29-4;/h7-8,12-15,19H,9-11H2,1-6H3,(H-,25,27);1H/t15?,19-,26?;/m1./s1. The summed E-state index contributed by atoms with van der Waals surface area (Å²) >= 11 is 0. The molecule has 2 aromatic carbocycles. The molecule has 3 atom stereocenters. The highest BCUT2D eigenvalue weighted by molar-refractivity contribution is 5.78. The lowest BCUT2D eigenvalue weighted by Crippen LogP contribution is -3.00. The van der Waals surface area contributed by atoms with Crippen molar-refractivity contribution in [3.8, 4) is 23.0 Å². The Bertz CT molecular complexity index is 968. The first kappa shape index (κ1) is 26.1. The minimum Gasteiger partial charge on any atom is -1.00 e. The predicted octanol–water partition coefficient (Wildman–Crippen LogP) is -0.115. The molecular formula is C24H33IN2O5. The lowest BCUT2D eigenvalue weighted by atomic mass is 9.85. The predicted molar refractivity (Wildman–Crippen MR) is 119 cm³/mol. The monoisotopic (exact) mass is 556 g/mol. The van der Waals surface area contributed by atoms with Crippen LogP contribution in [0.3, 0.4) is 0 Å². The molecule has 0 fully saturated rings. The maximum absolute atomic E-state index is 12.2. The number of amides is 1. The van der Waals surface area contributed by atoms with E-state index in [4.69, 9.17) is 24.7 Å². The van der Waals surface area contributed by atoms with Crippen molar-refractivity contribution in [1.29, 1.82) is 0 Å². The molecule has 1 amide bonds. The Morgan fingerprint density at radius 3 is 2.12 bits per heavy atom. The SMILES string of the molecule is COc1ccc(C[C@@H]2c3cc(OC)c(OC)cc3CC[N+]2(C)C(C)C(N)=O)cc1OC.[I-]. The zero-order valence-electron chi connectivity index (χ0n) is 19.6. The van der Waals surface area contributed by atoms with Crippen molar-refractivity contribution in [1.82, 2.24) is 0 Å². The Balaban J connectivity index is 0.00000363. The zero-order chi connectivity index (χ0) is 22.8. The first-order valence-electron chi connectivity index (χ1n) is 10.4. The number of carbonyl (C=O) groups excluding carboxylic acids is 1. The number of ether oxygens (including phenoxy) is 4. The normalized spacial score (nSPS) is 20.4. The lowest BCUT2D eigenvalue weighted by molar-refractivity contribution is -0.953. The maximum Gasteiger partial charge on any atom is 0.275 e. The van der Waals surface area contributed by atoms with Gasteiger partial charge in [-0.15, -0.1) is 0 Å². The first-order valence-corrected chi connectivity index (χ1v) is 10.4. The molecule has 0 bridgehead atoms. The molecule has 2 N–H and O–H groups in total. The Kier molecular flexibility index (Phi) is 8.64. The number of likely N-dealkylation sites (N-methyl/N-ethyl adjacent to an activating group) is 1. The van der Waals surface area contributed by atoms with E-state index in [1.165, 1.54) is 5.56 Å². The molecule has 2 unspecified atom stereocenters. The second-order valence-corrected chi connectivity index (χ2v) is 8.21. The van der Waals surface area contributed by atoms with Gasteiger partial charge in [0.05, 0.1) is 42.0 Å². The molecular weight excluding hydrogens is 523 g/mol. The van der Waals surface area contributed by atoms with Crippen LogP contribution in [0, 0.1) is 0 Å². The van der Waals surface area contributed by atoms with Crippen LogP contribution in [0.5, 0.6) is 23.0 Å². The molecule has 32 heavy (non-hydrogen) atoms. The number of methoxy groups -OCH3 is 4. The Labute approximate surface area is 207 Å². The summed E-state index contributed by atoms with van der Waals surface area (Å²) in [5.41, 5.74) is 9.22. The van der Waals surface area contributed by atoms with Crippen LogP contribution in [0.1, 0.15) is 29.7 Å². The van der Waals surface area contributed by atoms with Crippen LogP contribution in [-0.2, 0) is 17.6 Å². The number of carbonyl (C=O) groups is 1. The van der Waals surface area contributed by atoms with Gasteiger partial charge in [-0.1, -0.05) is 6.07 Å². The summed E-state index contributed by atoms with van der Waals surface area (Å²) in [5.74, 6) is 2.46. The topological polar surface area (TPSA) is 80.0 Å². The summed E-state index contributed by atoms with van der Waals surface area (Å²) < 4.78 is 22.5. The van der Waals surface area contributed by atoms with E-state index in [-0.39, 0.29) is 42.0 Å². The molecule has 1 heterocycles. The zero-order valence-corrected chi connectivity index (χ0v) is 21.8. The van der Waals surface area contributed by atoms with Gasteiger partial charge < -0.3 is 53.1 Å². The molecule has 0 saturated heterocycles. The molecule has 176 valence electrons. The molecule has 2 aromatic rings. The van der Waals surface area contributed by atoms with Gasteiger partial charge in [0.2, 0.25) is 0 Å². The van der Waals surface area contributed by atoms with Crippen molar-refractivity contribution in [2.24, 2.45) is 5.73 Å². The largest absolute Gasteiger partial charge is 1.00 e. The van der Waals surface area contributed by atoms with Crippen LogP contribution >= 0.6 is 0 Å². The average molecular weight is 556 g/mol. The van der Waals surface area contributed by atoms with E-state index in [1.807, 2.05) is 37.3 Å². The van der Waals surface area contributed by atoms with E-state index in [0.717, 1.165) is 24.1 Å². The van der Waals surface area contributed by atoms with Crippen LogP contribution in [0.4, 0.5) is 0 Å². The third kappa shape index (κ3) is 4.76. The van der Waals surface area contributed by atoms with E-state index in [0.29, 0.717) is 33.9 Å². The van der Waals surface area contributed by atoms with Gasteiger partial charge in [0.15, 0.2) is 29.0 Å². The van der Waals surface area contributed by atoms with Crippen molar-refractivity contribution in [2.75, 3.05) is 42.0 Å². The molecule has 3 rings (SSSR count). The minimum atomic E-state index is -0.341.